The fraction of sp³-hybridized carbons (Fsp3) is 0.545. The van der Waals surface area contributed by atoms with Crippen LogP contribution >= 0.6 is 0 Å². The average Bonchev–Trinajstić information content (AvgIpc) is 2.92. The van der Waals surface area contributed by atoms with Crippen molar-refractivity contribution in [3.8, 4) is 11.4 Å². The molecule has 7 nitrogen and oxygen atoms in total. The van der Waals surface area contributed by atoms with Crippen LogP contribution in [-0.4, -0.2) is 51.8 Å². The quantitative estimate of drug-likeness (QED) is 0.785. The molecular formula is C22H31N5O2. The Morgan fingerprint density at radius 1 is 1.28 bits per heavy atom. The summed E-state index contributed by atoms with van der Waals surface area (Å²) in [6.07, 6.45) is 4.64. The maximum absolute atomic E-state index is 13.4. The topological polar surface area (TPSA) is 80.1 Å². The lowest BCUT2D eigenvalue weighted by molar-refractivity contribution is -0.127. The number of nitrogens with one attached hydrogen (secondary N) is 1. The molecule has 2 aromatic rings. The van der Waals surface area contributed by atoms with Gasteiger partial charge in [0.05, 0.1) is 11.6 Å². The van der Waals surface area contributed by atoms with Crippen LogP contribution in [0.3, 0.4) is 0 Å². The Balaban J connectivity index is 2.03. The number of carbonyl (C=O) groups is 2. The average molecular weight is 398 g/mol. The van der Waals surface area contributed by atoms with Crippen molar-refractivity contribution in [2.24, 2.45) is 11.3 Å². The summed E-state index contributed by atoms with van der Waals surface area (Å²) in [6.45, 7) is 8.40. The van der Waals surface area contributed by atoms with E-state index in [0.717, 1.165) is 36.6 Å². The molecular weight excluding hydrogens is 366 g/mol. The Kier molecular flexibility index (Phi) is 6.17. The largest absolute Gasteiger partial charge is 0.359 e. The van der Waals surface area contributed by atoms with Gasteiger partial charge in [-0.15, -0.1) is 0 Å². The number of fused-ring (bicyclic) bond motifs is 1. The van der Waals surface area contributed by atoms with Crippen LogP contribution in [0, 0.1) is 11.3 Å². The van der Waals surface area contributed by atoms with Crippen LogP contribution in [0.1, 0.15) is 49.8 Å². The lowest BCUT2D eigenvalue weighted by Gasteiger charge is -2.28. The zero-order valence-corrected chi connectivity index (χ0v) is 18.0. The van der Waals surface area contributed by atoms with Crippen molar-refractivity contribution in [2.45, 2.75) is 46.7 Å². The van der Waals surface area contributed by atoms with Gasteiger partial charge >= 0.3 is 0 Å². The lowest BCUT2D eigenvalue weighted by Crippen LogP contribution is -2.37. The number of aromatic nitrogens is 3. The Morgan fingerprint density at radius 3 is 2.66 bits per heavy atom. The second kappa shape index (κ2) is 8.45. The van der Waals surface area contributed by atoms with E-state index in [-0.39, 0.29) is 23.5 Å². The van der Waals surface area contributed by atoms with E-state index in [4.69, 9.17) is 4.98 Å². The highest BCUT2D eigenvalue weighted by atomic mass is 16.2. The van der Waals surface area contributed by atoms with Gasteiger partial charge in [0, 0.05) is 44.5 Å². The SMILES string of the molecule is CNC(=O)[C@@H](CC(=O)c1nc(-c2cccnc2)n2c1CN(C)CCC2)C(C)(C)C. The zero-order valence-electron chi connectivity index (χ0n) is 18.0. The molecule has 29 heavy (non-hydrogen) atoms. The van der Waals surface area contributed by atoms with Crippen molar-refractivity contribution in [1.29, 1.82) is 0 Å². The van der Waals surface area contributed by atoms with Gasteiger partial charge < -0.3 is 14.8 Å². The number of imidazole rings is 1. The molecule has 1 N–H and O–H groups in total. The second-order valence-corrected chi connectivity index (χ2v) is 8.88. The first-order valence-electron chi connectivity index (χ1n) is 10.2. The van der Waals surface area contributed by atoms with Crippen molar-refractivity contribution in [2.75, 3.05) is 20.6 Å². The molecule has 3 rings (SSSR count). The smallest absolute Gasteiger partial charge is 0.223 e. The predicted molar refractivity (Wildman–Crippen MR) is 112 cm³/mol. The molecule has 7 heteroatoms. The molecule has 1 aliphatic heterocycles. The third-order valence-corrected chi connectivity index (χ3v) is 5.60. The Hall–Kier alpha value is -2.54. The van der Waals surface area contributed by atoms with Crippen molar-refractivity contribution in [3.63, 3.8) is 0 Å². The van der Waals surface area contributed by atoms with Crippen LogP contribution < -0.4 is 5.32 Å². The van der Waals surface area contributed by atoms with Gasteiger partial charge in [0.15, 0.2) is 5.78 Å². The van der Waals surface area contributed by atoms with Crippen LogP contribution in [0.2, 0.25) is 0 Å². The van der Waals surface area contributed by atoms with Crippen LogP contribution in [0.5, 0.6) is 0 Å². The van der Waals surface area contributed by atoms with Gasteiger partial charge in [0.1, 0.15) is 11.5 Å². The Bertz CT molecular complexity index is 883. The maximum atomic E-state index is 13.4. The summed E-state index contributed by atoms with van der Waals surface area (Å²) in [5.41, 5.74) is 1.99. The minimum Gasteiger partial charge on any atom is -0.359 e. The van der Waals surface area contributed by atoms with Gasteiger partial charge in [-0.05, 0) is 37.6 Å². The molecule has 0 fully saturated rings. The molecule has 0 radical (unpaired) electrons. The monoisotopic (exact) mass is 397 g/mol. The first kappa shape index (κ1) is 21.2. The molecule has 1 amide bonds. The molecule has 0 spiro atoms. The number of Topliss-reactive ketones (excluding diaryl/α,β-unsaturated/α-hetero) is 1. The van der Waals surface area contributed by atoms with E-state index in [1.807, 2.05) is 32.9 Å². The van der Waals surface area contributed by atoms with E-state index >= 15 is 0 Å². The fourth-order valence-electron chi connectivity index (χ4n) is 3.91. The number of amides is 1. The van der Waals surface area contributed by atoms with Gasteiger partial charge in [0.2, 0.25) is 5.91 Å². The minimum absolute atomic E-state index is 0.0808. The maximum Gasteiger partial charge on any atom is 0.223 e. The number of hydrogen-bond acceptors (Lipinski definition) is 5. The summed E-state index contributed by atoms with van der Waals surface area (Å²) in [7, 11) is 3.67. The number of hydrogen-bond donors (Lipinski definition) is 1. The highest BCUT2D eigenvalue weighted by Gasteiger charge is 2.35. The Morgan fingerprint density at radius 2 is 2.03 bits per heavy atom. The number of ketones is 1. The third-order valence-electron chi connectivity index (χ3n) is 5.60. The summed E-state index contributed by atoms with van der Waals surface area (Å²) in [5, 5.41) is 2.71. The number of pyridine rings is 1. The Labute approximate surface area is 172 Å². The molecule has 0 bridgehead atoms. The molecule has 0 unspecified atom stereocenters. The molecule has 2 aromatic heterocycles. The van der Waals surface area contributed by atoms with E-state index in [0.29, 0.717) is 12.2 Å². The number of carbonyl (C=O) groups excluding carboxylic acids is 2. The van der Waals surface area contributed by atoms with Gasteiger partial charge in [-0.2, -0.15) is 0 Å². The summed E-state index contributed by atoms with van der Waals surface area (Å²) < 4.78 is 2.15. The lowest BCUT2D eigenvalue weighted by atomic mass is 9.77. The molecule has 3 heterocycles. The molecule has 0 aromatic carbocycles. The zero-order chi connectivity index (χ0) is 21.2. The molecule has 1 atom stereocenters. The van der Waals surface area contributed by atoms with E-state index < -0.39 is 5.92 Å². The highest BCUT2D eigenvalue weighted by Crippen LogP contribution is 2.32. The first-order chi connectivity index (χ1) is 13.7. The van der Waals surface area contributed by atoms with Crippen molar-refractivity contribution in [1.82, 2.24) is 24.8 Å². The van der Waals surface area contributed by atoms with E-state index in [9.17, 15) is 9.59 Å². The van der Waals surface area contributed by atoms with Gasteiger partial charge in [-0.25, -0.2) is 4.98 Å². The molecule has 0 saturated heterocycles. The summed E-state index contributed by atoms with van der Waals surface area (Å²) in [4.78, 5) is 37.0. The summed E-state index contributed by atoms with van der Waals surface area (Å²) >= 11 is 0. The van der Waals surface area contributed by atoms with Crippen molar-refractivity contribution in [3.05, 3.63) is 35.9 Å². The minimum atomic E-state index is -0.414. The van der Waals surface area contributed by atoms with E-state index in [2.05, 4.69) is 26.8 Å². The van der Waals surface area contributed by atoms with Gasteiger partial charge in [-0.1, -0.05) is 20.8 Å². The van der Waals surface area contributed by atoms with Crippen molar-refractivity contribution < 1.29 is 9.59 Å². The predicted octanol–water partition coefficient (Wildman–Crippen LogP) is 2.76. The summed E-state index contributed by atoms with van der Waals surface area (Å²) in [5.74, 6) is 0.171. The van der Waals surface area contributed by atoms with E-state index in [1.54, 1.807) is 19.4 Å². The van der Waals surface area contributed by atoms with Crippen molar-refractivity contribution >= 4 is 11.7 Å². The summed E-state index contributed by atoms with van der Waals surface area (Å²) in [6, 6.07) is 3.84. The van der Waals surface area contributed by atoms with E-state index in [1.165, 1.54) is 0 Å². The second-order valence-electron chi connectivity index (χ2n) is 8.88. The normalized spacial score (nSPS) is 16.0. The van der Waals surface area contributed by atoms with Crippen LogP contribution in [0.4, 0.5) is 0 Å². The van der Waals surface area contributed by atoms with Crippen LogP contribution in [0.25, 0.3) is 11.4 Å². The fourth-order valence-corrected chi connectivity index (χ4v) is 3.91. The standard InChI is InChI=1S/C22H31N5O2/c1-22(2,3)16(21(29)23-4)12-18(28)19-17-14-26(5)10-7-11-27(17)20(25-19)15-8-6-9-24-13-15/h6,8-9,13,16H,7,10-12,14H2,1-5H3,(H,23,29)/t16-/m1/s1. The molecule has 0 aliphatic carbocycles. The number of nitrogens with zero attached hydrogens (tertiary/aromatic N) is 4. The third kappa shape index (κ3) is 4.56. The van der Waals surface area contributed by atoms with Crippen LogP contribution in [0.15, 0.2) is 24.5 Å². The number of rotatable bonds is 5. The highest BCUT2D eigenvalue weighted by molar-refractivity contribution is 5.98. The molecule has 0 saturated carbocycles. The first-order valence-corrected chi connectivity index (χ1v) is 10.2. The molecule has 156 valence electrons. The van der Waals surface area contributed by atoms with Crippen LogP contribution in [-0.2, 0) is 17.9 Å². The van der Waals surface area contributed by atoms with Gasteiger partial charge in [-0.3, -0.25) is 14.6 Å². The van der Waals surface area contributed by atoms with Gasteiger partial charge in [0.25, 0.3) is 0 Å². The molecule has 1 aliphatic rings.